The van der Waals surface area contributed by atoms with Crippen LogP contribution in [0.5, 0.6) is 0 Å². The lowest BCUT2D eigenvalue weighted by Crippen LogP contribution is -2.19. The Labute approximate surface area is 108 Å². The summed E-state index contributed by atoms with van der Waals surface area (Å²) in [5.41, 5.74) is 0.427. The minimum absolute atomic E-state index is 0.321. The molecule has 0 bridgehead atoms. The van der Waals surface area contributed by atoms with Crippen molar-refractivity contribution >= 4 is 5.69 Å². The van der Waals surface area contributed by atoms with Crippen molar-refractivity contribution in [1.82, 2.24) is 0 Å². The van der Waals surface area contributed by atoms with E-state index in [1.54, 1.807) is 0 Å². The van der Waals surface area contributed by atoms with E-state index in [1.165, 1.54) is 37.8 Å². The number of hydrogen-bond acceptors (Lipinski definition) is 1. The molecule has 1 fully saturated rings. The molecule has 0 saturated heterocycles. The average molecular weight is 253 g/mol. The summed E-state index contributed by atoms with van der Waals surface area (Å²) in [7, 11) is 0. The zero-order chi connectivity index (χ0) is 13.0. The minimum atomic E-state index is -0.523. The monoisotopic (exact) mass is 253 g/mol. The molecule has 1 N–H and O–H groups in total. The fourth-order valence-electron chi connectivity index (χ4n) is 2.76. The van der Waals surface area contributed by atoms with E-state index >= 15 is 0 Å². The lowest BCUT2D eigenvalue weighted by Gasteiger charge is -2.18. The normalized spacial score (nSPS) is 24.6. The van der Waals surface area contributed by atoms with Crippen LogP contribution in [-0.4, -0.2) is 6.04 Å². The molecule has 3 heteroatoms. The minimum Gasteiger partial charge on any atom is -0.380 e. The van der Waals surface area contributed by atoms with Crippen LogP contribution in [0.3, 0.4) is 0 Å². The van der Waals surface area contributed by atoms with E-state index in [9.17, 15) is 8.78 Å². The van der Waals surface area contributed by atoms with Gasteiger partial charge in [-0.15, -0.1) is 0 Å². The number of benzene rings is 1. The molecule has 0 amide bonds. The lowest BCUT2D eigenvalue weighted by molar-refractivity contribution is 0.444. The molecule has 0 spiro atoms. The van der Waals surface area contributed by atoms with Crippen molar-refractivity contribution < 1.29 is 8.78 Å². The van der Waals surface area contributed by atoms with E-state index < -0.39 is 11.6 Å². The van der Waals surface area contributed by atoms with Crippen LogP contribution in [0.1, 0.15) is 45.4 Å². The maximum atomic E-state index is 13.5. The SMILES string of the molecule is CCC1CCCC(Nc2ccc(F)cc2F)CC1. The van der Waals surface area contributed by atoms with Crippen LogP contribution >= 0.6 is 0 Å². The van der Waals surface area contributed by atoms with Gasteiger partial charge in [-0.2, -0.15) is 0 Å². The number of halogens is 2. The summed E-state index contributed by atoms with van der Waals surface area (Å²) in [4.78, 5) is 0. The van der Waals surface area contributed by atoms with Crippen LogP contribution in [0.15, 0.2) is 18.2 Å². The fraction of sp³-hybridized carbons (Fsp3) is 0.600. The molecular weight excluding hydrogens is 232 g/mol. The van der Waals surface area contributed by atoms with Crippen LogP contribution in [0.2, 0.25) is 0 Å². The average Bonchev–Trinajstić information content (AvgIpc) is 2.58. The Bertz CT molecular complexity index is 392. The highest BCUT2D eigenvalue weighted by atomic mass is 19.1. The van der Waals surface area contributed by atoms with Gasteiger partial charge in [-0.1, -0.05) is 26.2 Å². The largest absolute Gasteiger partial charge is 0.380 e. The molecule has 1 nitrogen and oxygen atoms in total. The summed E-state index contributed by atoms with van der Waals surface area (Å²) in [5, 5.41) is 3.22. The lowest BCUT2D eigenvalue weighted by atomic mass is 9.98. The number of hydrogen-bond donors (Lipinski definition) is 1. The van der Waals surface area contributed by atoms with Gasteiger partial charge < -0.3 is 5.32 Å². The third-order valence-electron chi connectivity index (χ3n) is 3.96. The molecule has 100 valence electrons. The highest BCUT2D eigenvalue weighted by Crippen LogP contribution is 2.28. The Morgan fingerprint density at radius 3 is 2.72 bits per heavy atom. The molecular formula is C15H21F2N. The van der Waals surface area contributed by atoms with Crippen LogP contribution in [0.25, 0.3) is 0 Å². The van der Waals surface area contributed by atoms with Crippen molar-refractivity contribution in [2.24, 2.45) is 5.92 Å². The molecule has 2 unspecified atom stereocenters. The molecule has 1 aromatic carbocycles. The molecule has 0 aliphatic heterocycles. The molecule has 0 radical (unpaired) electrons. The molecule has 18 heavy (non-hydrogen) atoms. The molecule has 0 heterocycles. The van der Waals surface area contributed by atoms with Gasteiger partial charge in [0.2, 0.25) is 0 Å². The summed E-state index contributed by atoms with van der Waals surface area (Å²) in [6.45, 7) is 2.23. The van der Waals surface area contributed by atoms with E-state index in [0.717, 1.165) is 24.8 Å². The van der Waals surface area contributed by atoms with Gasteiger partial charge >= 0.3 is 0 Å². The Balaban J connectivity index is 1.96. The van der Waals surface area contributed by atoms with Crippen LogP contribution in [0.4, 0.5) is 14.5 Å². The van der Waals surface area contributed by atoms with Crippen molar-refractivity contribution in [2.75, 3.05) is 5.32 Å². The van der Waals surface area contributed by atoms with Crippen molar-refractivity contribution in [3.05, 3.63) is 29.8 Å². The number of rotatable bonds is 3. The van der Waals surface area contributed by atoms with Gasteiger partial charge in [0, 0.05) is 12.1 Å². The Hall–Kier alpha value is -1.12. The Morgan fingerprint density at radius 2 is 2.00 bits per heavy atom. The van der Waals surface area contributed by atoms with Crippen molar-refractivity contribution in [3.63, 3.8) is 0 Å². The number of anilines is 1. The van der Waals surface area contributed by atoms with E-state index in [4.69, 9.17) is 0 Å². The fourth-order valence-corrected chi connectivity index (χ4v) is 2.76. The van der Waals surface area contributed by atoms with Crippen molar-refractivity contribution in [3.8, 4) is 0 Å². The van der Waals surface area contributed by atoms with Gasteiger partial charge in [-0.3, -0.25) is 0 Å². The van der Waals surface area contributed by atoms with Gasteiger partial charge in [0.05, 0.1) is 5.69 Å². The predicted octanol–water partition coefficient (Wildman–Crippen LogP) is 4.74. The summed E-state index contributed by atoms with van der Waals surface area (Å²) in [6.07, 6.45) is 7.07. The topological polar surface area (TPSA) is 12.0 Å². The van der Waals surface area contributed by atoms with E-state index in [2.05, 4.69) is 12.2 Å². The summed E-state index contributed by atoms with van der Waals surface area (Å²) in [5.74, 6) is -0.203. The van der Waals surface area contributed by atoms with Crippen LogP contribution in [-0.2, 0) is 0 Å². The third-order valence-corrected chi connectivity index (χ3v) is 3.96. The summed E-state index contributed by atoms with van der Waals surface area (Å²) >= 11 is 0. The second-order valence-corrected chi connectivity index (χ2v) is 5.25. The van der Waals surface area contributed by atoms with Gasteiger partial charge in [-0.25, -0.2) is 8.78 Å². The molecule has 1 saturated carbocycles. The number of nitrogens with one attached hydrogen (secondary N) is 1. The van der Waals surface area contributed by atoms with Crippen molar-refractivity contribution in [2.45, 2.75) is 51.5 Å². The maximum Gasteiger partial charge on any atom is 0.149 e. The van der Waals surface area contributed by atoms with E-state index in [1.807, 2.05) is 0 Å². The molecule has 0 aromatic heterocycles. The first kappa shape index (κ1) is 13.3. The Morgan fingerprint density at radius 1 is 1.17 bits per heavy atom. The predicted molar refractivity (Wildman–Crippen MR) is 70.6 cm³/mol. The zero-order valence-corrected chi connectivity index (χ0v) is 10.9. The standard InChI is InChI=1S/C15H21F2N/c1-2-11-4-3-5-13(8-6-11)18-15-9-7-12(16)10-14(15)17/h7,9-11,13,18H,2-6,8H2,1H3. The quantitative estimate of drug-likeness (QED) is 0.767. The van der Waals surface area contributed by atoms with E-state index in [-0.39, 0.29) is 0 Å². The highest BCUT2D eigenvalue weighted by molar-refractivity contribution is 5.45. The second-order valence-electron chi connectivity index (χ2n) is 5.25. The smallest absolute Gasteiger partial charge is 0.149 e. The molecule has 1 aromatic rings. The summed E-state index contributed by atoms with van der Waals surface area (Å²) in [6, 6.07) is 4.05. The molecule has 2 atom stereocenters. The zero-order valence-electron chi connectivity index (χ0n) is 10.9. The van der Waals surface area contributed by atoms with Crippen LogP contribution < -0.4 is 5.32 Å². The first-order valence-corrected chi connectivity index (χ1v) is 6.90. The highest BCUT2D eigenvalue weighted by Gasteiger charge is 2.18. The van der Waals surface area contributed by atoms with E-state index in [0.29, 0.717) is 11.7 Å². The molecule has 2 rings (SSSR count). The van der Waals surface area contributed by atoms with Crippen molar-refractivity contribution in [1.29, 1.82) is 0 Å². The molecule has 1 aliphatic carbocycles. The third kappa shape index (κ3) is 3.44. The maximum absolute atomic E-state index is 13.5. The van der Waals surface area contributed by atoms with Gasteiger partial charge in [0.1, 0.15) is 11.6 Å². The Kier molecular flexibility index (Phi) is 4.56. The van der Waals surface area contributed by atoms with Gasteiger partial charge in [0.25, 0.3) is 0 Å². The van der Waals surface area contributed by atoms with Gasteiger partial charge in [-0.05, 0) is 37.3 Å². The first-order valence-electron chi connectivity index (χ1n) is 6.90. The first-order chi connectivity index (χ1) is 8.69. The summed E-state index contributed by atoms with van der Waals surface area (Å²) < 4.78 is 26.4. The second kappa shape index (κ2) is 6.17. The van der Waals surface area contributed by atoms with Gasteiger partial charge in [0.15, 0.2) is 0 Å². The molecule has 1 aliphatic rings. The van der Waals surface area contributed by atoms with Crippen LogP contribution in [0, 0.1) is 17.6 Å².